The summed E-state index contributed by atoms with van der Waals surface area (Å²) in [5.74, 6) is -0.216. The lowest BCUT2D eigenvalue weighted by molar-refractivity contribution is -0.302. The Balaban J connectivity index is 2.34. The van der Waals surface area contributed by atoms with Crippen LogP contribution in [0.4, 0.5) is 0 Å². The van der Waals surface area contributed by atoms with E-state index in [1.165, 1.54) is 51.4 Å². The highest BCUT2D eigenvalue weighted by Crippen LogP contribution is 2.22. The highest BCUT2D eigenvalue weighted by Gasteiger charge is 2.44. The van der Waals surface area contributed by atoms with Gasteiger partial charge in [-0.15, -0.1) is 0 Å². The number of nitrogens with one attached hydrogen (secondary N) is 1. The Labute approximate surface area is 414 Å². The van der Waals surface area contributed by atoms with Crippen molar-refractivity contribution >= 4 is 5.91 Å². The second-order valence-electron chi connectivity index (χ2n) is 17.9. The second kappa shape index (κ2) is 47.3. The van der Waals surface area contributed by atoms with Gasteiger partial charge in [-0.3, -0.25) is 4.79 Å². The van der Waals surface area contributed by atoms with E-state index in [1.807, 2.05) is 6.08 Å². The van der Waals surface area contributed by atoms with Crippen LogP contribution in [0, 0.1) is 0 Å². The highest BCUT2D eigenvalue weighted by atomic mass is 16.7. The molecule has 1 heterocycles. The molecule has 1 fully saturated rings. The van der Waals surface area contributed by atoms with Gasteiger partial charge in [0, 0.05) is 6.42 Å². The summed E-state index contributed by atoms with van der Waals surface area (Å²) in [5.41, 5.74) is 0. The number of hydrogen-bond donors (Lipinski definition) is 6. The minimum atomic E-state index is -1.59. The van der Waals surface area contributed by atoms with Crippen molar-refractivity contribution in [3.05, 3.63) is 122 Å². The fraction of sp³-hybridized carbons (Fsp3) is 0.644. The maximum absolute atomic E-state index is 13.0. The van der Waals surface area contributed by atoms with Crippen LogP contribution in [0.5, 0.6) is 0 Å². The Kier molecular flexibility index (Phi) is 43.5. The zero-order valence-electron chi connectivity index (χ0n) is 42.6. The van der Waals surface area contributed by atoms with Crippen molar-refractivity contribution in [1.82, 2.24) is 5.32 Å². The predicted molar refractivity (Wildman–Crippen MR) is 285 cm³/mol. The number of allylic oxidation sites excluding steroid dienone is 19. The van der Waals surface area contributed by atoms with Gasteiger partial charge in [-0.1, -0.05) is 200 Å². The zero-order chi connectivity index (χ0) is 49.4. The Morgan fingerprint density at radius 1 is 0.515 bits per heavy atom. The van der Waals surface area contributed by atoms with Gasteiger partial charge >= 0.3 is 0 Å². The third kappa shape index (κ3) is 36.6. The Hall–Kier alpha value is -3.41. The smallest absolute Gasteiger partial charge is 0.220 e. The summed E-state index contributed by atoms with van der Waals surface area (Å²) in [4.78, 5) is 13.0. The van der Waals surface area contributed by atoms with Crippen molar-refractivity contribution < 1.29 is 39.8 Å². The minimum Gasteiger partial charge on any atom is -0.394 e. The Morgan fingerprint density at radius 2 is 0.926 bits per heavy atom. The van der Waals surface area contributed by atoms with Gasteiger partial charge in [0.05, 0.1) is 25.4 Å². The number of aliphatic hydroxyl groups excluding tert-OH is 5. The molecule has 0 aromatic carbocycles. The second-order valence-corrected chi connectivity index (χ2v) is 17.9. The Bertz CT molecular complexity index is 1470. The fourth-order valence-corrected chi connectivity index (χ4v) is 7.52. The first-order valence-electron chi connectivity index (χ1n) is 26.8. The lowest BCUT2D eigenvalue weighted by Crippen LogP contribution is -2.60. The van der Waals surface area contributed by atoms with E-state index in [9.17, 15) is 30.3 Å². The van der Waals surface area contributed by atoms with Crippen molar-refractivity contribution in [1.29, 1.82) is 0 Å². The number of carbonyl (C=O) groups is 1. The van der Waals surface area contributed by atoms with E-state index >= 15 is 0 Å². The molecule has 68 heavy (non-hydrogen) atoms. The van der Waals surface area contributed by atoms with Gasteiger partial charge in [0.25, 0.3) is 0 Å². The van der Waals surface area contributed by atoms with E-state index in [-0.39, 0.29) is 12.5 Å². The molecule has 0 aliphatic carbocycles. The van der Waals surface area contributed by atoms with Crippen LogP contribution in [0.3, 0.4) is 0 Å². The standard InChI is InChI=1S/C59H97NO8/c1-3-5-7-9-11-13-15-17-19-21-23-24-25-26-27-28-29-30-31-33-35-37-39-41-43-45-47-49-55(63)60-52(51-67-59-58(66)57(65)56(64)54(50-61)68-59)53(62)48-46-44-42-40-38-36-34-32-22-20-18-16-14-12-10-8-6-4-2/h5,7,11,13,17,19,22-24,26-27,29-30,32-33,35,38,40,46,48,52-54,56-59,61-62,64-66H,3-4,6,8-10,12,14-16,18,20-21,25,28,31,34,36-37,39,41-45,47,49-51H2,1-2H3,(H,60,63)/b7-5-,13-11-,19-17-,24-23-,27-26-,30-29-,32-22+,35-33-,40-38+,48-46+. The number of carbonyl (C=O) groups excluding carboxylic acids is 1. The normalized spacial score (nSPS) is 20.6. The molecule has 9 nitrogen and oxygen atoms in total. The predicted octanol–water partition coefficient (Wildman–Crippen LogP) is 12.8. The summed E-state index contributed by atoms with van der Waals surface area (Å²) < 4.78 is 11.2. The molecule has 1 aliphatic heterocycles. The van der Waals surface area contributed by atoms with E-state index in [4.69, 9.17) is 9.47 Å². The van der Waals surface area contributed by atoms with Crippen LogP contribution in [0.25, 0.3) is 0 Å². The van der Waals surface area contributed by atoms with Crippen molar-refractivity contribution in [3.63, 3.8) is 0 Å². The molecule has 0 radical (unpaired) electrons. The monoisotopic (exact) mass is 948 g/mol. The SMILES string of the molecule is CC/C=C\C/C=C\C/C=C\C/C=C\C/C=C\C/C=C\C/C=C\CCCCCCCC(=O)NC(COC1OC(CO)C(O)C(O)C1O)C(O)/C=C/CC/C=C/CC/C=C/CCCCCCCCCC. The van der Waals surface area contributed by atoms with Gasteiger partial charge < -0.3 is 40.3 Å². The topological polar surface area (TPSA) is 149 Å². The van der Waals surface area contributed by atoms with E-state index in [0.717, 1.165) is 116 Å². The maximum Gasteiger partial charge on any atom is 0.220 e. The van der Waals surface area contributed by atoms with E-state index in [1.54, 1.807) is 6.08 Å². The quantitative estimate of drug-likeness (QED) is 0.0261. The molecule has 1 amide bonds. The van der Waals surface area contributed by atoms with E-state index < -0.39 is 49.5 Å². The molecule has 0 bridgehead atoms. The van der Waals surface area contributed by atoms with Crippen LogP contribution in [-0.2, 0) is 14.3 Å². The molecule has 1 saturated heterocycles. The molecule has 0 spiro atoms. The third-order valence-corrected chi connectivity index (χ3v) is 11.7. The van der Waals surface area contributed by atoms with Crippen LogP contribution in [0.2, 0.25) is 0 Å². The average molecular weight is 948 g/mol. The molecular formula is C59H97NO8. The van der Waals surface area contributed by atoms with Crippen LogP contribution < -0.4 is 5.32 Å². The minimum absolute atomic E-state index is 0.216. The van der Waals surface area contributed by atoms with E-state index in [2.05, 4.69) is 129 Å². The maximum atomic E-state index is 13.0. The summed E-state index contributed by atoms with van der Waals surface area (Å²) in [6, 6.07) is -0.848. The molecule has 0 aromatic rings. The fourth-order valence-electron chi connectivity index (χ4n) is 7.52. The largest absolute Gasteiger partial charge is 0.394 e. The molecule has 1 aliphatic rings. The number of amides is 1. The van der Waals surface area contributed by atoms with Crippen molar-refractivity contribution in [2.75, 3.05) is 13.2 Å². The molecule has 386 valence electrons. The lowest BCUT2D eigenvalue weighted by Gasteiger charge is -2.40. The van der Waals surface area contributed by atoms with Crippen LogP contribution in [-0.4, -0.2) is 87.5 Å². The lowest BCUT2D eigenvalue weighted by atomic mass is 9.99. The van der Waals surface area contributed by atoms with Crippen LogP contribution >= 0.6 is 0 Å². The van der Waals surface area contributed by atoms with Gasteiger partial charge in [-0.05, 0) is 103 Å². The van der Waals surface area contributed by atoms with Gasteiger partial charge in [0.1, 0.15) is 24.4 Å². The summed E-state index contributed by atoms with van der Waals surface area (Å²) >= 11 is 0. The molecular weight excluding hydrogens is 851 g/mol. The van der Waals surface area contributed by atoms with E-state index in [0.29, 0.717) is 6.42 Å². The summed E-state index contributed by atoms with van der Waals surface area (Å²) in [5, 5.41) is 54.4. The van der Waals surface area contributed by atoms with Crippen molar-refractivity contribution in [2.24, 2.45) is 0 Å². The zero-order valence-corrected chi connectivity index (χ0v) is 42.6. The molecule has 9 heteroatoms. The first-order chi connectivity index (χ1) is 33.3. The van der Waals surface area contributed by atoms with Gasteiger partial charge in [-0.25, -0.2) is 0 Å². The number of rotatable bonds is 43. The molecule has 1 rings (SSSR count). The van der Waals surface area contributed by atoms with Gasteiger partial charge in [-0.2, -0.15) is 0 Å². The van der Waals surface area contributed by atoms with Crippen LogP contribution in [0.1, 0.15) is 187 Å². The van der Waals surface area contributed by atoms with Crippen molar-refractivity contribution in [2.45, 2.75) is 230 Å². The molecule has 6 N–H and O–H groups in total. The van der Waals surface area contributed by atoms with Gasteiger partial charge in [0.15, 0.2) is 6.29 Å². The number of aliphatic hydroxyl groups is 5. The molecule has 7 atom stereocenters. The molecule has 0 aromatic heterocycles. The first-order valence-corrected chi connectivity index (χ1v) is 26.8. The molecule has 7 unspecified atom stereocenters. The highest BCUT2D eigenvalue weighted by molar-refractivity contribution is 5.76. The average Bonchev–Trinajstić information content (AvgIpc) is 3.34. The number of unbranched alkanes of at least 4 members (excludes halogenated alkanes) is 15. The third-order valence-electron chi connectivity index (χ3n) is 11.7. The summed E-state index contributed by atoms with van der Waals surface area (Å²) in [7, 11) is 0. The summed E-state index contributed by atoms with van der Waals surface area (Å²) in [6.07, 6.45) is 63.9. The van der Waals surface area contributed by atoms with Crippen molar-refractivity contribution in [3.8, 4) is 0 Å². The molecule has 0 saturated carbocycles. The number of hydrogen-bond acceptors (Lipinski definition) is 8. The summed E-state index contributed by atoms with van der Waals surface area (Å²) in [6.45, 7) is 3.61. The van der Waals surface area contributed by atoms with Gasteiger partial charge in [0.2, 0.25) is 5.91 Å². The van der Waals surface area contributed by atoms with Crippen LogP contribution in [0.15, 0.2) is 122 Å². The number of ether oxygens (including phenoxy) is 2. The Morgan fingerprint density at radius 3 is 1.41 bits per heavy atom. The first kappa shape index (κ1) is 62.6.